The molecule has 8 amide bonds. The summed E-state index contributed by atoms with van der Waals surface area (Å²) in [6.07, 6.45) is 13.0. The molecule has 7 aliphatic rings. The topological polar surface area (TPSA) is 238 Å². The van der Waals surface area contributed by atoms with Crippen LogP contribution in [0.15, 0.2) is 255 Å². The third kappa shape index (κ3) is 28.7. The van der Waals surface area contributed by atoms with Gasteiger partial charge in [-0.2, -0.15) is 5.26 Å². The first-order valence-corrected chi connectivity index (χ1v) is 53.7. The van der Waals surface area contributed by atoms with E-state index >= 15 is 0 Å². The first-order valence-electron chi connectivity index (χ1n) is 50.3. The number of benzene rings is 12. The molecule has 0 atom stereocenters. The number of halogens is 9. The average molecular weight is 2160 g/mol. The van der Waals surface area contributed by atoms with Crippen LogP contribution in [0.5, 0.6) is 23.0 Å². The second-order valence-corrected chi connectivity index (χ2v) is 43.9. The maximum atomic E-state index is 12.9. The van der Waals surface area contributed by atoms with Crippen molar-refractivity contribution in [3.63, 3.8) is 0 Å². The van der Waals surface area contributed by atoms with E-state index in [4.69, 9.17) is 123 Å². The Hall–Kier alpha value is -11.1. The monoisotopic (exact) mass is 2150 g/mol. The van der Waals surface area contributed by atoms with Gasteiger partial charge in [-0.1, -0.05) is 251 Å². The Morgan fingerprint density at radius 3 is 0.844 bits per heavy atom. The molecular weight excluding hydrogens is 2030 g/mol. The smallest absolute Gasteiger partial charge is 0.319 e. The zero-order chi connectivity index (χ0) is 104. The van der Waals surface area contributed by atoms with Gasteiger partial charge in [0.05, 0.1) is 11.6 Å². The van der Waals surface area contributed by atoms with Crippen LogP contribution in [0.1, 0.15) is 146 Å². The summed E-state index contributed by atoms with van der Waals surface area (Å²) in [5.74, 6) is 3.12. The molecule has 0 unspecified atom stereocenters. The molecule has 30 heteroatoms. The first-order chi connectivity index (χ1) is 70.8. The highest BCUT2D eigenvalue weighted by molar-refractivity contribution is 6.37. The maximum absolute atomic E-state index is 12.9. The number of hydrogen-bond donors (Lipinski definition) is 8. The molecule has 8 N–H and O–H groups in total. The maximum Gasteiger partial charge on any atom is 0.319 e. The second kappa shape index (κ2) is 50.0. The first kappa shape index (κ1) is 109. The van der Waals surface area contributed by atoms with Gasteiger partial charge in [-0.25, -0.2) is 19.2 Å². The number of piperidine rings is 4. The quantitative estimate of drug-likeness (QED) is 0.0281. The van der Waals surface area contributed by atoms with Crippen molar-refractivity contribution in [1.29, 1.82) is 5.26 Å². The highest BCUT2D eigenvalue weighted by Crippen LogP contribution is 2.46. The largest absolute Gasteiger partial charge is 0.454 e. The standard InChI is InChI=1S/C31H33Cl2N3O3.C29H30Cl2N4O.C29H31Cl2N3O3.C28H30Cl3N3O/c32-24-16-25(33)18-26(17-24)35-30(37)34-19-31(11-13-36(14-12-31)27-3-1-2-4-27)23-8-5-21(6-9-23)22-7-10-28-29(15-22)39-20-38-28;1-20(2)35-12-10-29(11-13-35,19-33-28(36)34-27-16-25(30)15-26(31)17-27)24-8-6-22(7-9-24)23-5-3-4-21(14-23)18-32;1-19(2)34-11-9-29(10-12-34,17-32-28(35)33-25-15-23(30)14-24(31)16-25)22-6-3-20(4-7-22)21-5-8-26-27(13-21)37-18-36-26;1-19(2)34-12-10-28(11-13-34,18-32-27(35)33-26-16-24(30)15-25(31)17-26)22-8-6-20(7-9-22)21-4-3-5-23(29)14-21/h5-10,15-18,27H,1-4,11-14,19-20H2,(H2,34,35,37);3-9,14-17,20H,10-13,19H2,1-2H3,(H2,33,34,36);3-8,13-16,19H,9-12,17-18H2,1-2H3,(H2,32,33,35);3-9,14-17,19H,10-13,18H2,1-2H3,(H2,32,33,35). The van der Waals surface area contributed by atoms with E-state index in [2.05, 4.69) is 219 Å². The van der Waals surface area contributed by atoms with Crippen molar-refractivity contribution in [3.05, 3.63) is 328 Å². The van der Waals surface area contributed by atoms with Crippen molar-refractivity contribution in [3.8, 4) is 73.6 Å². The Labute approximate surface area is 907 Å². The van der Waals surface area contributed by atoms with Gasteiger partial charge < -0.3 is 81.1 Å². The van der Waals surface area contributed by atoms with Crippen molar-refractivity contribution in [2.75, 3.05) is 113 Å². The van der Waals surface area contributed by atoms with Crippen LogP contribution in [0.3, 0.4) is 0 Å². The van der Waals surface area contributed by atoms with Crippen molar-refractivity contribution in [2.24, 2.45) is 0 Å². The number of likely N-dealkylation sites (tertiary alicyclic amines) is 4. The molecule has 6 aliphatic heterocycles. The fourth-order valence-corrected chi connectivity index (χ4v) is 23.4. The molecule has 4 saturated heterocycles. The number of nitrogens with zero attached hydrogens (tertiary/aromatic N) is 5. The zero-order valence-corrected chi connectivity index (χ0v) is 90.1. The Morgan fingerprint density at radius 2 is 0.565 bits per heavy atom. The summed E-state index contributed by atoms with van der Waals surface area (Å²) in [5, 5.41) is 37.7. The van der Waals surface area contributed by atoms with E-state index in [1.165, 1.54) is 47.9 Å². The van der Waals surface area contributed by atoms with E-state index < -0.39 is 0 Å². The summed E-state index contributed by atoms with van der Waals surface area (Å²) in [6, 6.07) is 85.6. The molecule has 21 nitrogen and oxygen atoms in total. The van der Waals surface area contributed by atoms with Gasteiger partial charge in [0.25, 0.3) is 0 Å². The molecule has 0 radical (unpaired) electrons. The predicted molar refractivity (Wildman–Crippen MR) is 601 cm³/mol. The number of ether oxygens (including phenoxy) is 4. The minimum Gasteiger partial charge on any atom is -0.454 e. The number of urea groups is 4. The van der Waals surface area contributed by atoms with E-state index in [1.54, 1.807) is 72.8 Å². The van der Waals surface area contributed by atoms with E-state index in [1.807, 2.05) is 72.8 Å². The molecule has 147 heavy (non-hydrogen) atoms. The van der Waals surface area contributed by atoms with Gasteiger partial charge in [0.15, 0.2) is 23.0 Å². The van der Waals surface area contributed by atoms with Gasteiger partial charge >= 0.3 is 24.1 Å². The lowest BCUT2D eigenvalue weighted by atomic mass is 9.72. The number of anilines is 4. The van der Waals surface area contributed by atoms with Crippen molar-refractivity contribution in [2.45, 2.75) is 164 Å². The van der Waals surface area contributed by atoms with Gasteiger partial charge in [-0.05, 0) is 346 Å². The number of carbonyl (C=O) groups excluding carboxylic acids is 4. The molecule has 12 aromatic rings. The Morgan fingerprint density at radius 1 is 0.306 bits per heavy atom. The van der Waals surface area contributed by atoms with Crippen molar-refractivity contribution in [1.82, 2.24) is 40.9 Å². The third-order valence-corrected chi connectivity index (χ3v) is 31.7. The van der Waals surface area contributed by atoms with E-state index in [0.717, 1.165) is 176 Å². The molecule has 1 aliphatic carbocycles. The Kier molecular flexibility index (Phi) is 36.9. The second-order valence-electron chi connectivity index (χ2n) is 40.0. The van der Waals surface area contributed by atoms with Crippen LogP contribution in [0, 0.1) is 11.3 Å². The molecule has 5 fully saturated rings. The summed E-state index contributed by atoms with van der Waals surface area (Å²) in [7, 11) is 0. The summed E-state index contributed by atoms with van der Waals surface area (Å²) >= 11 is 54.9. The van der Waals surface area contributed by atoms with Crippen LogP contribution in [-0.4, -0.2) is 160 Å². The van der Waals surface area contributed by atoms with Crippen LogP contribution < -0.4 is 61.5 Å². The highest BCUT2D eigenvalue weighted by Gasteiger charge is 2.43. The van der Waals surface area contributed by atoms with Crippen LogP contribution in [0.25, 0.3) is 44.5 Å². The Balaban J connectivity index is 0.000000140. The summed E-state index contributed by atoms with van der Waals surface area (Å²) in [4.78, 5) is 61.4. The third-order valence-electron chi connectivity index (χ3n) is 29.8. The summed E-state index contributed by atoms with van der Waals surface area (Å²) in [6.45, 7) is 24.0. The lowest BCUT2D eigenvalue weighted by Gasteiger charge is -2.44. The molecule has 0 spiro atoms. The predicted octanol–water partition coefficient (Wildman–Crippen LogP) is 29.4. The summed E-state index contributed by atoms with van der Waals surface area (Å²) in [5.41, 5.74) is 15.9. The molecule has 6 heterocycles. The minimum absolute atomic E-state index is 0.147. The van der Waals surface area contributed by atoms with Gasteiger partial charge in [0.2, 0.25) is 13.6 Å². The van der Waals surface area contributed by atoms with E-state index in [9.17, 15) is 24.4 Å². The molecule has 12 aromatic carbocycles. The zero-order valence-electron chi connectivity index (χ0n) is 83.3. The minimum atomic E-state index is -0.288. The number of amides is 8. The molecule has 19 rings (SSSR count). The van der Waals surface area contributed by atoms with Gasteiger partial charge in [-0.3, -0.25) is 0 Å². The van der Waals surface area contributed by atoms with Gasteiger partial charge in [0.1, 0.15) is 0 Å². The number of hydrogen-bond acceptors (Lipinski definition) is 13. The van der Waals surface area contributed by atoms with E-state index in [-0.39, 0.29) is 59.4 Å². The molecule has 768 valence electrons. The molecular formula is C117H124Cl9N13O8. The van der Waals surface area contributed by atoms with Gasteiger partial charge in [0, 0.05) is 140 Å². The fraction of sp³-hybridized carbons (Fsp3) is 0.342. The molecule has 0 aromatic heterocycles. The van der Waals surface area contributed by atoms with Crippen LogP contribution in [-0.2, 0) is 21.7 Å². The highest BCUT2D eigenvalue weighted by atomic mass is 35.5. The molecule has 1 saturated carbocycles. The lowest BCUT2D eigenvalue weighted by Crippen LogP contribution is -2.51. The normalized spacial score (nSPS) is 16.6. The van der Waals surface area contributed by atoms with Crippen LogP contribution >= 0.6 is 104 Å². The number of carbonyl (C=O) groups is 4. The number of nitriles is 1. The van der Waals surface area contributed by atoms with Gasteiger partial charge in [-0.15, -0.1) is 0 Å². The van der Waals surface area contributed by atoms with E-state index in [0.29, 0.717) is 119 Å². The fourth-order valence-electron chi connectivity index (χ4n) is 21.1. The number of rotatable bonds is 24. The lowest BCUT2D eigenvalue weighted by molar-refractivity contribution is 0.115. The van der Waals surface area contributed by atoms with Crippen molar-refractivity contribution >= 4 is 151 Å². The van der Waals surface area contributed by atoms with Crippen LogP contribution in [0.4, 0.5) is 41.9 Å². The number of nitrogens with one attached hydrogen (secondary N) is 8. The Bertz CT molecular complexity index is 6540. The summed E-state index contributed by atoms with van der Waals surface area (Å²) < 4.78 is 22.0. The van der Waals surface area contributed by atoms with Crippen LogP contribution in [0.2, 0.25) is 45.2 Å². The average Bonchev–Trinajstić information content (AvgIpc) is 1.73. The SMILES string of the molecule is CC(C)N1CCC(CNC(=O)Nc2cc(Cl)cc(Cl)c2)(c2ccc(-c3ccc4c(c3)OCO4)cc2)CC1.CC(C)N1CCC(CNC(=O)Nc2cc(Cl)cc(Cl)c2)(c2ccc(-c3cccc(C#N)c3)cc2)CC1.CC(C)N1CCC(CNC(=O)Nc2cc(Cl)cc(Cl)c2)(c2ccc(-c3cccc(Cl)c3)cc2)CC1.O=C(NCC1(c2ccc(-c3ccc4c(c3)OCO4)cc2)CCN(C2CCCC2)CC1)Nc1cc(Cl)cc(Cl)c1. The van der Waals surface area contributed by atoms with Crippen molar-refractivity contribution < 1.29 is 38.1 Å². The molecule has 0 bridgehead atoms. The number of fused-ring (bicyclic) bond motifs is 2.